The van der Waals surface area contributed by atoms with Crippen LogP contribution in [-0.2, 0) is 4.79 Å². The fraction of sp³-hybridized carbons (Fsp3) is 0.278. The number of nitrogens with two attached hydrogens (primary N) is 1. The molecule has 0 heterocycles. The maximum absolute atomic E-state index is 12.4. The smallest absolute Gasteiger partial charge is 0.227 e. The molecule has 3 heteroatoms. The fourth-order valence-electron chi connectivity index (χ4n) is 2.95. The number of anilines is 1. The molecule has 0 aromatic heterocycles. The van der Waals surface area contributed by atoms with Crippen LogP contribution in [0.3, 0.4) is 0 Å². The van der Waals surface area contributed by atoms with Gasteiger partial charge in [0, 0.05) is 23.2 Å². The molecule has 0 saturated heterocycles. The van der Waals surface area contributed by atoms with Gasteiger partial charge in [0.05, 0.1) is 0 Å². The third kappa shape index (κ3) is 3.14. The molecule has 3 N–H and O–H groups in total. The van der Waals surface area contributed by atoms with Crippen LogP contribution in [0, 0.1) is 5.92 Å². The van der Waals surface area contributed by atoms with Crippen LogP contribution in [0.25, 0.3) is 11.1 Å². The zero-order valence-electron chi connectivity index (χ0n) is 12.0. The van der Waals surface area contributed by atoms with E-state index in [-0.39, 0.29) is 17.9 Å². The van der Waals surface area contributed by atoms with Gasteiger partial charge < -0.3 is 11.1 Å². The SMILES string of the molecule is NC1CCC(C(=O)Nc2ccccc2-c2ccccc2)C1. The number of hydrogen-bond donors (Lipinski definition) is 2. The summed E-state index contributed by atoms with van der Waals surface area (Å²) in [6.45, 7) is 0. The first kappa shape index (κ1) is 13.8. The number of hydrogen-bond acceptors (Lipinski definition) is 2. The normalized spacial score (nSPS) is 21.2. The van der Waals surface area contributed by atoms with E-state index >= 15 is 0 Å². The maximum atomic E-state index is 12.4. The molecule has 3 nitrogen and oxygen atoms in total. The fourth-order valence-corrected chi connectivity index (χ4v) is 2.95. The van der Waals surface area contributed by atoms with Gasteiger partial charge in [0.2, 0.25) is 5.91 Å². The average Bonchev–Trinajstić information content (AvgIpc) is 2.95. The van der Waals surface area contributed by atoms with Crippen LogP contribution in [0.2, 0.25) is 0 Å². The molecule has 3 rings (SSSR count). The third-order valence-electron chi connectivity index (χ3n) is 4.11. The first-order valence-electron chi connectivity index (χ1n) is 7.45. The molecule has 1 saturated carbocycles. The highest BCUT2D eigenvalue weighted by Crippen LogP contribution is 2.30. The summed E-state index contributed by atoms with van der Waals surface area (Å²) in [5.41, 5.74) is 8.92. The second kappa shape index (κ2) is 6.10. The highest BCUT2D eigenvalue weighted by molar-refractivity contribution is 5.96. The van der Waals surface area contributed by atoms with Gasteiger partial charge in [-0.3, -0.25) is 4.79 Å². The van der Waals surface area contributed by atoms with E-state index in [1.165, 1.54) is 0 Å². The molecule has 108 valence electrons. The van der Waals surface area contributed by atoms with Crippen LogP contribution < -0.4 is 11.1 Å². The van der Waals surface area contributed by atoms with Crippen LogP contribution in [0.1, 0.15) is 19.3 Å². The summed E-state index contributed by atoms with van der Waals surface area (Å²) in [7, 11) is 0. The minimum atomic E-state index is 0.0452. The lowest BCUT2D eigenvalue weighted by atomic mass is 10.0. The summed E-state index contributed by atoms with van der Waals surface area (Å²) in [6.07, 6.45) is 2.62. The van der Waals surface area contributed by atoms with Crippen LogP contribution in [0.5, 0.6) is 0 Å². The van der Waals surface area contributed by atoms with Crippen molar-refractivity contribution in [2.75, 3.05) is 5.32 Å². The van der Waals surface area contributed by atoms with Crippen molar-refractivity contribution in [1.82, 2.24) is 0 Å². The molecule has 0 spiro atoms. The Labute approximate surface area is 125 Å². The number of amides is 1. The molecular weight excluding hydrogens is 260 g/mol. The predicted octanol–water partition coefficient (Wildman–Crippen LogP) is 3.42. The predicted molar refractivity (Wildman–Crippen MR) is 85.8 cm³/mol. The maximum Gasteiger partial charge on any atom is 0.227 e. The number of benzene rings is 2. The van der Waals surface area contributed by atoms with Gasteiger partial charge in [-0.2, -0.15) is 0 Å². The van der Waals surface area contributed by atoms with Crippen molar-refractivity contribution < 1.29 is 4.79 Å². The van der Waals surface area contributed by atoms with Crippen molar-refractivity contribution in [3.05, 3.63) is 54.6 Å². The van der Waals surface area contributed by atoms with Crippen molar-refractivity contribution in [2.24, 2.45) is 11.7 Å². The van der Waals surface area contributed by atoms with Gasteiger partial charge in [0.1, 0.15) is 0 Å². The van der Waals surface area contributed by atoms with Crippen molar-refractivity contribution in [3.63, 3.8) is 0 Å². The quantitative estimate of drug-likeness (QED) is 0.905. The third-order valence-corrected chi connectivity index (χ3v) is 4.11. The summed E-state index contributed by atoms with van der Waals surface area (Å²) in [5.74, 6) is 0.134. The standard InChI is InChI=1S/C18H20N2O/c19-15-11-10-14(12-15)18(21)20-17-9-5-4-8-16(17)13-6-2-1-3-7-13/h1-9,14-15H,10-12,19H2,(H,20,21). The number of nitrogens with one attached hydrogen (secondary N) is 1. The lowest BCUT2D eigenvalue weighted by molar-refractivity contribution is -0.119. The van der Waals surface area contributed by atoms with Gasteiger partial charge >= 0.3 is 0 Å². The Balaban J connectivity index is 1.81. The van der Waals surface area contributed by atoms with Crippen LogP contribution in [0.15, 0.2) is 54.6 Å². The molecule has 1 amide bonds. The first-order valence-corrected chi connectivity index (χ1v) is 7.45. The lowest BCUT2D eigenvalue weighted by Gasteiger charge is -2.14. The van der Waals surface area contributed by atoms with Crippen molar-refractivity contribution in [2.45, 2.75) is 25.3 Å². The Morgan fingerprint density at radius 3 is 2.43 bits per heavy atom. The first-order chi connectivity index (χ1) is 10.2. The average molecular weight is 280 g/mol. The van der Waals surface area contributed by atoms with Crippen LogP contribution in [0.4, 0.5) is 5.69 Å². The number of rotatable bonds is 3. The Morgan fingerprint density at radius 2 is 1.71 bits per heavy atom. The van der Waals surface area contributed by atoms with E-state index in [0.29, 0.717) is 0 Å². The zero-order chi connectivity index (χ0) is 14.7. The molecule has 2 aromatic rings. The number of para-hydroxylation sites is 1. The molecule has 1 aliphatic rings. The monoisotopic (exact) mass is 280 g/mol. The van der Waals surface area contributed by atoms with Crippen LogP contribution >= 0.6 is 0 Å². The molecule has 1 fully saturated rings. The molecule has 2 unspecified atom stereocenters. The van der Waals surface area contributed by atoms with E-state index < -0.39 is 0 Å². The molecule has 0 aliphatic heterocycles. The largest absolute Gasteiger partial charge is 0.328 e. The second-order valence-corrected chi connectivity index (χ2v) is 5.67. The molecule has 0 bridgehead atoms. The van der Waals surface area contributed by atoms with Crippen molar-refractivity contribution >= 4 is 11.6 Å². The van der Waals surface area contributed by atoms with Crippen molar-refractivity contribution in [3.8, 4) is 11.1 Å². The number of carbonyl (C=O) groups is 1. The van der Waals surface area contributed by atoms with E-state index in [0.717, 1.165) is 36.1 Å². The van der Waals surface area contributed by atoms with E-state index in [1.807, 2.05) is 42.5 Å². The molecular formula is C18H20N2O. The van der Waals surface area contributed by atoms with Gasteiger partial charge in [0.25, 0.3) is 0 Å². The zero-order valence-corrected chi connectivity index (χ0v) is 12.0. The second-order valence-electron chi connectivity index (χ2n) is 5.67. The Morgan fingerprint density at radius 1 is 1.00 bits per heavy atom. The Kier molecular flexibility index (Phi) is 4.02. The minimum Gasteiger partial charge on any atom is -0.328 e. The van der Waals surface area contributed by atoms with Crippen LogP contribution in [-0.4, -0.2) is 11.9 Å². The summed E-state index contributed by atoms with van der Waals surface area (Å²) < 4.78 is 0. The van der Waals surface area contributed by atoms with Gasteiger partial charge in [-0.05, 0) is 30.9 Å². The summed E-state index contributed by atoms with van der Waals surface area (Å²) in [5, 5.41) is 3.08. The number of carbonyl (C=O) groups excluding carboxylic acids is 1. The van der Waals surface area contributed by atoms with Gasteiger partial charge in [-0.1, -0.05) is 48.5 Å². The topological polar surface area (TPSA) is 55.1 Å². The van der Waals surface area contributed by atoms with Crippen molar-refractivity contribution in [1.29, 1.82) is 0 Å². The molecule has 21 heavy (non-hydrogen) atoms. The Bertz CT molecular complexity index is 624. The minimum absolute atomic E-state index is 0.0452. The van der Waals surface area contributed by atoms with Gasteiger partial charge in [0.15, 0.2) is 0 Å². The molecule has 1 aliphatic carbocycles. The van der Waals surface area contributed by atoms with E-state index in [2.05, 4.69) is 17.4 Å². The molecule has 0 radical (unpaired) electrons. The lowest BCUT2D eigenvalue weighted by Crippen LogP contribution is -2.23. The van der Waals surface area contributed by atoms with E-state index in [1.54, 1.807) is 0 Å². The van der Waals surface area contributed by atoms with E-state index in [9.17, 15) is 4.79 Å². The van der Waals surface area contributed by atoms with Gasteiger partial charge in [-0.15, -0.1) is 0 Å². The van der Waals surface area contributed by atoms with Gasteiger partial charge in [-0.25, -0.2) is 0 Å². The van der Waals surface area contributed by atoms with E-state index in [4.69, 9.17) is 5.73 Å². The highest BCUT2D eigenvalue weighted by atomic mass is 16.1. The summed E-state index contributed by atoms with van der Waals surface area (Å²) >= 11 is 0. The summed E-state index contributed by atoms with van der Waals surface area (Å²) in [4.78, 5) is 12.4. The molecule has 2 atom stereocenters. The molecule has 2 aromatic carbocycles. The summed E-state index contributed by atoms with van der Waals surface area (Å²) in [6, 6.07) is 18.2. The highest BCUT2D eigenvalue weighted by Gasteiger charge is 2.28. The Hall–Kier alpha value is -2.13.